The van der Waals surface area contributed by atoms with Gasteiger partial charge in [-0.05, 0) is 44.0 Å². The minimum Gasteiger partial charge on any atom is -0.507 e. The Labute approximate surface area is 158 Å². The number of anilines is 1. The second-order valence-corrected chi connectivity index (χ2v) is 7.29. The van der Waals surface area contributed by atoms with Gasteiger partial charge in [-0.2, -0.15) is 13.2 Å². The molecule has 1 aliphatic carbocycles. The van der Waals surface area contributed by atoms with Crippen molar-refractivity contribution in [3.05, 3.63) is 42.2 Å². The van der Waals surface area contributed by atoms with Crippen LogP contribution in [0.1, 0.15) is 25.3 Å². The number of phenols is 1. The third-order valence-corrected chi connectivity index (χ3v) is 4.87. The van der Waals surface area contributed by atoms with Gasteiger partial charge in [0.25, 0.3) is 0 Å². The monoisotopic (exact) mass is 390 g/mol. The number of pyridine rings is 1. The predicted molar refractivity (Wildman–Crippen MR) is 96.7 cm³/mol. The van der Waals surface area contributed by atoms with Crippen molar-refractivity contribution in [2.45, 2.75) is 37.6 Å². The second-order valence-electron chi connectivity index (χ2n) is 7.29. The van der Waals surface area contributed by atoms with E-state index >= 15 is 0 Å². The molecule has 6 nitrogen and oxygen atoms in total. The van der Waals surface area contributed by atoms with Crippen LogP contribution in [0.15, 0.2) is 36.7 Å². The zero-order valence-corrected chi connectivity index (χ0v) is 14.8. The molecule has 3 aromatic rings. The average Bonchev–Trinajstić information content (AvgIpc) is 2.60. The molecule has 0 bridgehead atoms. The third-order valence-electron chi connectivity index (χ3n) is 4.87. The van der Waals surface area contributed by atoms with E-state index in [1.165, 1.54) is 12.3 Å². The second kappa shape index (κ2) is 6.30. The fraction of sp³-hybridized carbons (Fsp3) is 0.316. The third kappa shape index (κ3) is 3.33. The fourth-order valence-corrected chi connectivity index (χ4v) is 3.51. The van der Waals surface area contributed by atoms with Gasteiger partial charge in [-0.15, -0.1) is 10.2 Å². The highest BCUT2D eigenvalue weighted by atomic mass is 19.4. The molecule has 1 aromatic carbocycles. The van der Waals surface area contributed by atoms with Gasteiger partial charge in [-0.1, -0.05) is 0 Å². The molecule has 3 N–H and O–H groups in total. The zero-order chi connectivity index (χ0) is 20.1. The summed E-state index contributed by atoms with van der Waals surface area (Å²) in [5.41, 5.74) is -1.24. The summed E-state index contributed by atoms with van der Waals surface area (Å²) in [5, 5.41) is 32.8. The summed E-state index contributed by atoms with van der Waals surface area (Å²) >= 11 is 0. The van der Waals surface area contributed by atoms with Gasteiger partial charge in [0, 0.05) is 34.8 Å². The van der Waals surface area contributed by atoms with Gasteiger partial charge in [0.05, 0.1) is 11.2 Å². The molecule has 0 amide bonds. The van der Waals surface area contributed by atoms with Gasteiger partial charge in [0.15, 0.2) is 5.82 Å². The van der Waals surface area contributed by atoms with Crippen molar-refractivity contribution in [2.24, 2.45) is 0 Å². The van der Waals surface area contributed by atoms with Crippen molar-refractivity contribution >= 4 is 16.6 Å². The quantitative estimate of drug-likeness (QED) is 0.631. The molecule has 1 aliphatic rings. The summed E-state index contributed by atoms with van der Waals surface area (Å²) in [5.74, 6) is -0.0586. The molecule has 2 heterocycles. The molecule has 0 spiro atoms. The summed E-state index contributed by atoms with van der Waals surface area (Å²) in [4.78, 5) is 4.09. The van der Waals surface area contributed by atoms with Crippen LogP contribution in [-0.4, -0.2) is 37.0 Å². The SMILES string of the molecule is C[C@]1(O)C[C@H](Nc2nnc(-c3ccc(C(F)(F)F)cc3O)c3ccncc23)C1. The van der Waals surface area contributed by atoms with Crippen LogP contribution >= 0.6 is 0 Å². The maximum Gasteiger partial charge on any atom is 0.416 e. The first kappa shape index (κ1) is 18.4. The number of nitrogens with zero attached hydrogens (tertiary/aromatic N) is 3. The lowest BCUT2D eigenvalue weighted by molar-refractivity contribution is -0.137. The zero-order valence-electron chi connectivity index (χ0n) is 14.8. The smallest absolute Gasteiger partial charge is 0.416 e. The maximum atomic E-state index is 12.8. The number of rotatable bonds is 3. The number of hydrogen-bond acceptors (Lipinski definition) is 6. The van der Waals surface area contributed by atoms with E-state index in [1.54, 1.807) is 19.2 Å². The van der Waals surface area contributed by atoms with Crippen LogP contribution < -0.4 is 5.32 Å². The molecule has 2 aromatic heterocycles. The van der Waals surface area contributed by atoms with Gasteiger partial charge in [-0.3, -0.25) is 4.98 Å². The van der Waals surface area contributed by atoms with Crippen LogP contribution in [0.3, 0.4) is 0 Å². The molecule has 1 fully saturated rings. The Balaban J connectivity index is 1.74. The Morgan fingerprint density at radius 2 is 1.89 bits per heavy atom. The van der Waals surface area contributed by atoms with Crippen molar-refractivity contribution in [1.82, 2.24) is 15.2 Å². The van der Waals surface area contributed by atoms with Crippen LogP contribution in [0.25, 0.3) is 22.0 Å². The van der Waals surface area contributed by atoms with E-state index < -0.39 is 23.1 Å². The number of hydrogen-bond donors (Lipinski definition) is 3. The number of nitrogens with one attached hydrogen (secondary N) is 1. The Morgan fingerprint density at radius 3 is 2.54 bits per heavy atom. The molecule has 0 aliphatic heterocycles. The number of alkyl halides is 3. The van der Waals surface area contributed by atoms with Crippen molar-refractivity contribution in [3.8, 4) is 17.0 Å². The first-order valence-corrected chi connectivity index (χ1v) is 8.64. The first-order chi connectivity index (χ1) is 13.1. The lowest BCUT2D eigenvalue weighted by Gasteiger charge is -2.41. The van der Waals surface area contributed by atoms with E-state index in [2.05, 4.69) is 20.5 Å². The molecule has 1 saturated carbocycles. The van der Waals surface area contributed by atoms with Crippen LogP contribution in [0, 0.1) is 0 Å². The maximum absolute atomic E-state index is 12.8. The molecular weight excluding hydrogens is 373 g/mol. The molecule has 0 unspecified atom stereocenters. The highest BCUT2D eigenvalue weighted by Crippen LogP contribution is 2.39. The predicted octanol–water partition coefficient (Wildman–Crippen LogP) is 3.74. The van der Waals surface area contributed by atoms with Crippen LogP contribution in [0.5, 0.6) is 5.75 Å². The number of aromatic nitrogens is 3. The number of phenolic OH excluding ortho intramolecular Hbond substituents is 1. The molecular formula is C19H17F3N4O2. The van der Waals surface area contributed by atoms with Crippen molar-refractivity contribution in [2.75, 3.05) is 5.32 Å². The van der Waals surface area contributed by atoms with Crippen molar-refractivity contribution in [3.63, 3.8) is 0 Å². The average molecular weight is 390 g/mol. The van der Waals surface area contributed by atoms with E-state index in [0.717, 1.165) is 6.07 Å². The van der Waals surface area contributed by atoms with Gasteiger partial charge < -0.3 is 15.5 Å². The van der Waals surface area contributed by atoms with Gasteiger partial charge in [0.2, 0.25) is 0 Å². The summed E-state index contributed by atoms with van der Waals surface area (Å²) in [6.45, 7) is 1.76. The molecule has 0 atom stereocenters. The van der Waals surface area contributed by atoms with Gasteiger partial charge >= 0.3 is 6.18 Å². The topological polar surface area (TPSA) is 91.2 Å². The number of halogens is 3. The Morgan fingerprint density at radius 1 is 1.14 bits per heavy atom. The molecule has 146 valence electrons. The molecule has 0 radical (unpaired) electrons. The van der Waals surface area contributed by atoms with Crippen LogP contribution in [0.4, 0.5) is 19.0 Å². The molecule has 28 heavy (non-hydrogen) atoms. The number of benzene rings is 1. The van der Waals surface area contributed by atoms with E-state index in [-0.39, 0.29) is 17.3 Å². The normalized spacial score (nSPS) is 22.1. The van der Waals surface area contributed by atoms with Crippen molar-refractivity contribution < 1.29 is 23.4 Å². The summed E-state index contributed by atoms with van der Waals surface area (Å²) in [7, 11) is 0. The van der Waals surface area contributed by atoms with Crippen LogP contribution in [0.2, 0.25) is 0 Å². The minimum atomic E-state index is -4.55. The first-order valence-electron chi connectivity index (χ1n) is 8.64. The van der Waals surface area contributed by atoms with Crippen molar-refractivity contribution in [1.29, 1.82) is 0 Å². The fourth-order valence-electron chi connectivity index (χ4n) is 3.51. The molecule has 0 saturated heterocycles. The molecule has 4 rings (SSSR count). The minimum absolute atomic E-state index is 0.0398. The van der Waals surface area contributed by atoms with E-state index in [1.807, 2.05) is 0 Å². The Bertz CT molecular complexity index is 1050. The Kier molecular flexibility index (Phi) is 4.15. The lowest BCUT2D eigenvalue weighted by atomic mass is 9.77. The summed E-state index contributed by atoms with van der Waals surface area (Å²) in [6, 6.07) is 4.45. The number of fused-ring (bicyclic) bond motifs is 1. The van der Waals surface area contributed by atoms with Crippen LogP contribution in [-0.2, 0) is 6.18 Å². The largest absolute Gasteiger partial charge is 0.507 e. The summed E-state index contributed by atoms with van der Waals surface area (Å²) in [6.07, 6.45) is -0.304. The summed E-state index contributed by atoms with van der Waals surface area (Å²) < 4.78 is 38.5. The Hall–Kier alpha value is -2.94. The lowest BCUT2D eigenvalue weighted by Crippen LogP contribution is -2.48. The number of aromatic hydroxyl groups is 1. The molecule has 9 heteroatoms. The van der Waals surface area contributed by atoms with E-state index in [4.69, 9.17) is 0 Å². The standard InChI is InChI=1S/C19H17F3N4O2/c1-18(28)7-11(8-18)24-17-14-9-23-5-4-12(14)16(25-26-17)13-3-2-10(6-15(13)27)19(20,21)22/h2-6,9,11,27-28H,7-8H2,1H3,(H,24,26)/t11-,18-. The van der Waals surface area contributed by atoms with Gasteiger partial charge in [-0.25, -0.2) is 0 Å². The highest BCUT2D eigenvalue weighted by molar-refractivity contribution is 6.00. The number of aliphatic hydroxyl groups is 1. The van der Waals surface area contributed by atoms with Gasteiger partial charge in [0.1, 0.15) is 11.4 Å². The van der Waals surface area contributed by atoms with E-state index in [9.17, 15) is 23.4 Å². The van der Waals surface area contributed by atoms with E-state index in [0.29, 0.717) is 35.5 Å². The highest BCUT2D eigenvalue weighted by Gasteiger charge is 2.38.